The second-order valence-electron chi connectivity index (χ2n) is 9.01. The number of benzene rings is 2. The third-order valence-corrected chi connectivity index (χ3v) is 5.97. The second-order valence-corrected chi connectivity index (χ2v) is 9.01. The smallest absolute Gasteiger partial charge is 0.406 e. The van der Waals surface area contributed by atoms with Gasteiger partial charge in [0.1, 0.15) is 5.75 Å². The summed E-state index contributed by atoms with van der Waals surface area (Å²) in [4.78, 5) is 40.0. The number of carbonyl (C=O) groups is 3. The van der Waals surface area contributed by atoms with Gasteiger partial charge in [0.15, 0.2) is 5.78 Å². The van der Waals surface area contributed by atoms with Crippen LogP contribution in [0.3, 0.4) is 0 Å². The van der Waals surface area contributed by atoms with Crippen LogP contribution >= 0.6 is 0 Å². The Morgan fingerprint density at radius 1 is 0.897 bits per heavy atom. The summed E-state index contributed by atoms with van der Waals surface area (Å²) in [5.74, 6) is -1.62. The topological polar surface area (TPSA) is 154 Å². The minimum atomic E-state index is -4.79. The Balaban J connectivity index is 2.03. The van der Waals surface area contributed by atoms with Gasteiger partial charge in [-0.3, -0.25) is 14.4 Å². The Morgan fingerprint density at radius 2 is 1.49 bits per heavy atom. The van der Waals surface area contributed by atoms with Crippen molar-refractivity contribution in [3.05, 3.63) is 65.7 Å². The average Bonchev–Trinajstić information content (AvgIpc) is 2.89. The van der Waals surface area contributed by atoms with Crippen LogP contribution in [0.25, 0.3) is 0 Å². The Bertz CT molecular complexity index is 1050. The van der Waals surface area contributed by atoms with E-state index in [1.54, 1.807) is 0 Å². The number of nitrogens with two attached hydrogens (primary N) is 3. The number of carbonyl (C=O) groups excluding carboxylic acids is 3. The third kappa shape index (κ3) is 11.8. The van der Waals surface area contributed by atoms with Crippen LogP contribution < -0.4 is 27.3 Å². The standard InChI is InChI=1S/C27H36F3N5O4/c28-27(29,30)39-21-10-6-20(7-11-21)9-13-24(36)23(12-8-19-4-2-1-3-5-19)34-26(38)22(33)18-25(37)35(16-14-31)17-15-32/h1-7,10-11,22-23H,8-9,12-18,31-33H2,(H,34,38)/t22-,23+/m0/s1. The van der Waals surface area contributed by atoms with Gasteiger partial charge in [-0.15, -0.1) is 13.2 Å². The summed E-state index contributed by atoms with van der Waals surface area (Å²) in [6.07, 6.45) is -3.96. The maximum absolute atomic E-state index is 13.1. The van der Waals surface area contributed by atoms with Gasteiger partial charge in [0.25, 0.3) is 0 Å². The zero-order valence-electron chi connectivity index (χ0n) is 21.7. The van der Waals surface area contributed by atoms with E-state index < -0.39 is 24.4 Å². The molecular weight excluding hydrogens is 515 g/mol. The molecule has 0 spiro atoms. The molecule has 0 saturated carbocycles. The van der Waals surface area contributed by atoms with Crippen LogP contribution in [0.1, 0.15) is 30.4 Å². The summed E-state index contributed by atoms with van der Waals surface area (Å²) < 4.78 is 41.0. The highest BCUT2D eigenvalue weighted by Crippen LogP contribution is 2.23. The fraction of sp³-hybridized carbons (Fsp3) is 0.444. The molecule has 0 saturated heterocycles. The van der Waals surface area contributed by atoms with Gasteiger partial charge in [0.05, 0.1) is 18.5 Å². The molecular formula is C27H36F3N5O4. The van der Waals surface area contributed by atoms with Crippen LogP contribution in [0.4, 0.5) is 13.2 Å². The number of hydrogen-bond donors (Lipinski definition) is 4. The highest BCUT2D eigenvalue weighted by Gasteiger charge is 2.31. The molecule has 7 N–H and O–H groups in total. The molecule has 2 aromatic rings. The largest absolute Gasteiger partial charge is 0.573 e. The van der Waals surface area contributed by atoms with E-state index in [-0.39, 0.29) is 62.9 Å². The Labute approximate surface area is 225 Å². The van der Waals surface area contributed by atoms with Crippen LogP contribution in [0.5, 0.6) is 5.75 Å². The molecule has 0 radical (unpaired) electrons. The van der Waals surface area contributed by atoms with Crippen molar-refractivity contribution in [2.75, 3.05) is 26.2 Å². The maximum atomic E-state index is 13.1. The summed E-state index contributed by atoms with van der Waals surface area (Å²) in [7, 11) is 0. The van der Waals surface area contributed by atoms with E-state index in [0.29, 0.717) is 18.4 Å². The molecule has 0 aromatic heterocycles. The van der Waals surface area contributed by atoms with Gasteiger partial charge < -0.3 is 32.2 Å². The van der Waals surface area contributed by atoms with Gasteiger partial charge in [-0.05, 0) is 42.5 Å². The number of alkyl halides is 3. The fourth-order valence-corrected chi connectivity index (χ4v) is 3.93. The van der Waals surface area contributed by atoms with Crippen LogP contribution in [0.2, 0.25) is 0 Å². The van der Waals surface area contributed by atoms with Crippen molar-refractivity contribution in [3.8, 4) is 5.75 Å². The Hall–Kier alpha value is -3.48. The van der Waals surface area contributed by atoms with Crippen molar-refractivity contribution < 1.29 is 32.3 Å². The zero-order chi connectivity index (χ0) is 28.8. The Morgan fingerprint density at radius 3 is 2.05 bits per heavy atom. The van der Waals surface area contributed by atoms with Crippen LogP contribution in [0, 0.1) is 0 Å². The number of nitrogens with one attached hydrogen (secondary N) is 1. The number of Topliss-reactive ketones (excluding diaryl/α,β-unsaturated/α-hetero) is 1. The van der Waals surface area contributed by atoms with Crippen molar-refractivity contribution >= 4 is 17.6 Å². The maximum Gasteiger partial charge on any atom is 0.573 e. The fourth-order valence-electron chi connectivity index (χ4n) is 3.93. The highest BCUT2D eigenvalue weighted by atomic mass is 19.4. The quantitative estimate of drug-likeness (QED) is 0.247. The minimum absolute atomic E-state index is 0.0359. The summed E-state index contributed by atoms with van der Waals surface area (Å²) >= 11 is 0. The molecule has 2 aromatic carbocycles. The van der Waals surface area contributed by atoms with Crippen LogP contribution in [-0.4, -0.2) is 67.1 Å². The summed E-state index contributed by atoms with van der Waals surface area (Å²) in [6, 6.07) is 12.6. The number of amides is 2. The first kappa shape index (κ1) is 31.7. The number of halogens is 3. The predicted octanol–water partition coefficient (Wildman–Crippen LogP) is 1.67. The summed E-state index contributed by atoms with van der Waals surface area (Å²) in [6.45, 7) is 1.04. The van der Waals surface area contributed by atoms with E-state index in [1.807, 2.05) is 30.3 Å². The molecule has 0 unspecified atom stereocenters. The molecule has 214 valence electrons. The van der Waals surface area contributed by atoms with Gasteiger partial charge in [-0.1, -0.05) is 42.5 Å². The molecule has 0 bridgehead atoms. The molecule has 12 heteroatoms. The van der Waals surface area contributed by atoms with Crippen molar-refractivity contribution in [2.45, 2.75) is 50.6 Å². The third-order valence-electron chi connectivity index (χ3n) is 5.97. The second kappa shape index (κ2) is 15.8. The molecule has 2 atom stereocenters. The average molecular weight is 552 g/mol. The minimum Gasteiger partial charge on any atom is -0.406 e. The number of hydrogen-bond acceptors (Lipinski definition) is 7. The zero-order valence-corrected chi connectivity index (χ0v) is 21.7. The monoisotopic (exact) mass is 551 g/mol. The predicted molar refractivity (Wildman–Crippen MR) is 140 cm³/mol. The SMILES string of the molecule is NCCN(CCN)C(=O)C[C@H](N)C(=O)N[C@H](CCc1ccccc1)C(=O)CCc1ccc(OC(F)(F)F)cc1. The lowest BCUT2D eigenvalue weighted by Crippen LogP contribution is -2.51. The molecule has 0 fully saturated rings. The van der Waals surface area contributed by atoms with E-state index in [0.717, 1.165) is 5.56 Å². The van der Waals surface area contributed by atoms with Crippen molar-refractivity contribution in [1.29, 1.82) is 0 Å². The summed E-state index contributed by atoms with van der Waals surface area (Å²) in [5, 5.41) is 2.69. The number of ketones is 1. The van der Waals surface area contributed by atoms with Gasteiger partial charge in [0, 0.05) is 32.6 Å². The van der Waals surface area contributed by atoms with Crippen LogP contribution in [-0.2, 0) is 27.2 Å². The lowest BCUT2D eigenvalue weighted by molar-refractivity contribution is -0.274. The summed E-state index contributed by atoms with van der Waals surface area (Å²) in [5.41, 5.74) is 18.7. The van der Waals surface area contributed by atoms with E-state index in [4.69, 9.17) is 17.2 Å². The number of aryl methyl sites for hydroxylation is 2. The first-order valence-corrected chi connectivity index (χ1v) is 12.7. The van der Waals surface area contributed by atoms with Gasteiger partial charge in [0.2, 0.25) is 11.8 Å². The molecule has 0 aliphatic carbocycles. The highest BCUT2D eigenvalue weighted by molar-refractivity contribution is 5.93. The molecule has 0 aliphatic heterocycles. The van der Waals surface area contributed by atoms with Crippen LogP contribution in [0.15, 0.2) is 54.6 Å². The lowest BCUT2D eigenvalue weighted by Gasteiger charge is -2.24. The molecule has 39 heavy (non-hydrogen) atoms. The van der Waals surface area contributed by atoms with Gasteiger partial charge in [-0.2, -0.15) is 0 Å². The first-order chi connectivity index (χ1) is 18.5. The number of nitrogens with zero attached hydrogens (tertiary/aromatic N) is 1. The van der Waals surface area contributed by atoms with E-state index in [1.165, 1.54) is 29.2 Å². The van der Waals surface area contributed by atoms with Crippen molar-refractivity contribution in [3.63, 3.8) is 0 Å². The number of rotatable bonds is 16. The Kier molecular flexibility index (Phi) is 12.9. The molecule has 2 amide bonds. The lowest BCUT2D eigenvalue weighted by atomic mass is 9.97. The van der Waals surface area contributed by atoms with E-state index >= 15 is 0 Å². The molecule has 0 heterocycles. The van der Waals surface area contributed by atoms with Crippen molar-refractivity contribution in [2.24, 2.45) is 17.2 Å². The van der Waals surface area contributed by atoms with Gasteiger partial charge in [-0.25, -0.2) is 0 Å². The molecule has 0 aliphatic rings. The number of ether oxygens (including phenoxy) is 1. The molecule has 9 nitrogen and oxygen atoms in total. The van der Waals surface area contributed by atoms with Gasteiger partial charge >= 0.3 is 6.36 Å². The first-order valence-electron chi connectivity index (χ1n) is 12.7. The normalized spacial score (nSPS) is 12.9. The van der Waals surface area contributed by atoms with E-state index in [9.17, 15) is 27.6 Å². The van der Waals surface area contributed by atoms with Crippen molar-refractivity contribution in [1.82, 2.24) is 10.2 Å². The van der Waals surface area contributed by atoms with E-state index in [2.05, 4.69) is 10.1 Å². The molecule has 2 rings (SSSR count).